The van der Waals surface area contributed by atoms with Gasteiger partial charge in [-0.05, 0) is 30.3 Å². The molecular weight excluding hydrogens is 384 g/mol. The molecular formula is C20H10O9. The zero-order valence-electron chi connectivity index (χ0n) is 14.6. The normalized spacial score (nSPS) is 14.2. The number of ketones is 1. The van der Waals surface area contributed by atoms with Crippen LogP contribution in [-0.4, -0.2) is 42.2 Å². The Kier molecular flexibility index (Phi) is 4.27. The zero-order valence-corrected chi connectivity index (χ0v) is 14.6. The van der Waals surface area contributed by atoms with Crippen molar-refractivity contribution in [2.75, 3.05) is 6.61 Å². The molecule has 0 aliphatic carbocycles. The van der Waals surface area contributed by atoms with E-state index in [0.717, 1.165) is 0 Å². The van der Waals surface area contributed by atoms with Crippen molar-refractivity contribution in [3.8, 4) is 0 Å². The van der Waals surface area contributed by atoms with Crippen molar-refractivity contribution in [3.63, 3.8) is 0 Å². The van der Waals surface area contributed by atoms with Gasteiger partial charge in [-0.25, -0.2) is 24.0 Å². The lowest BCUT2D eigenvalue weighted by Crippen LogP contribution is -2.11. The number of hydrogen-bond acceptors (Lipinski definition) is 9. The van der Waals surface area contributed by atoms with Gasteiger partial charge in [0.15, 0.2) is 5.78 Å². The second kappa shape index (κ2) is 6.79. The number of hydrogen-bond donors (Lipinski definition) is 0. The minimum Gasteiger partial charge on any atom is -0.462 e. The summed E-state index contributed by atoms with van der Waals surface area (Å²) in [5.74, 6) is -4.40. The van der Waals surface area contributed by atoms with E-state index in [1.807, 2.05) is 0 Å². The average molecular weight is 394 g/mol. The topological polar surface area (TPSA) is 130 Å². The number of ether oxygens (including phenoxy) is 3. The second-order valence-corrected chi connectivity index (χ2v) is 6.18. The lowest BCUT2D eigenvalue weighted by Gasteiger charge is -2.06. The van der Waals surface area contributed by atoms with Crippen LogP contribution in [0.25, 0.3) is 0 Å². The van der Waals surface area contributed by atoms with E-state index in [9.17, 15) is 28.8 Å². The summed E-state index contributed by atoms with van der Waals surface area (Å²) in [6.07, 6.45) is -0.168. The number of fused-ring (bicyclic) bond motifs is 2. The SMILES string of the molecule is O=C(CCOC(=O)c1ccc2c(c1)C(=O)OC2=O)c1ccc2c(c1)C(=O)OC2=O. The van der Waals surface area contributed by atoms with Crippen LogP contribution in [0, 0.1) is 0 Å². The standard InChI is InChI=1S/C20H10O9/c21-15(9-1-3-11-13(7-9)19(25)28-17(11)23)5-6-27-16(22)10-2-4-12-14(8-10)20(26)29-18(12)24/h1-4,7-8H,5-6H2. The number of Topliss-reactive ketones (excluding diaryl/α,β-unsaturated/α-hetero) is 1. The predicted molar refractivity (Wildman–Crippen MR) is 91.6 cm³/mol. The fourth-order valence-corrected chi connectivity index (χ4v) is 2.94. The highest BCUT2D eigenvalue weighted by atomic mass is 16.6. The molecule has 0 unspecified atom stereocenters. The molecule has 0 fully saturated rings. The molecule has 144 valence electrons. The Labute approximate surface area is 162 Å². The first-order valence-corrected chi connectivity index (χ1v) is 8.36. The van der Waals surface area contributed by atoms with Crippen molar-refractivity contribution < 1.29 is 43.0 Å². The minimum absolute atomic E-state index is 0.0115. The summed E-state index contributed by atoms with van der Waals surface area (Å²) in [7, 11) is 0. The Hall–Kier alpha value is -4.14. The Morgan fingerprint density at radius 1 is 0.690 bits per heavy atom. The van der Waals surface area contributed by atoms with Gasteiger partial charge in [0.05, 0.1) is 34.4 Å². The van der Waals surface area contributed by atoms with Crippen LogP contribution < -0.4 is 0 Å². The molecule has 9 heteroatoms. The zero-order chi connectivity index (χ0) is 20.7. The minimum atomic E-state index is -0.844. The summed E-state index contributed by atoms with van der Waals surface area (Å²) in [6.45, 7) is -0.251. The van der Waals surface area contributed by atoms with Gasteiger partial charge in [-0.2, -0.15) is 0 Å². The van der Waals surface area contributed by atoms with E-state index in [1.54, 1.807) is 0 Å². The third-order valence-corrected chi connectivity index (χ3v) is 4.41. The number of cyclic esters (lactones) is 4. The molecule has 2 aromatic carbocycles. The number of carbonyl (C=O) groups excluding carboxylic acids is 6. The highest BCUT2D eigenvalue weighted by Gasteiger charge is 2.31. The Morgan fingerprint density at radius 3 is 1.76 bits per heavy atom. The molecule has 0 bridgehead atoms. The Bertz CT molecular complexity index is 1050. The fraction of sp³-hybridized carbons (Fsp3) is 0.100. The molecule has 0 aromatic heterocycles. The molecule has 0 amide bonds. The van der Waals surface area contributed by atoms with Crippen LogP contribution in [0.1, 0.15) is 68.6 Å². The molecule has 2 aromatic rings. The van der Waals surface area contributed by atoms with Crippen LogP contribution in [0.15, 0.2) is 36.4 Å². The summed E-state index contributed by atoms with van der Waals surface area (Å²) in [4.78, 5) is 70.3. The molecule has 0 N–H and O–H groups in total. The van der Waals surface area contributed by atoms with Gasteiger partial charge in [-0.1, -0.05) is 6.07 Å². The Morgan fingerprint density at radius 2 is 1.17 bits per heavy atom. The third kappa shape index (κ3) is 3.18. The van der Waals surface area contributed by atoms with Crippen molar-refractivity contribution in [2.45, 2.75) is 6.42 Å². The maximum atomic E-state index is 12.3. The average Bonchev–Trinajstić information content (AvgIpc) is 3.16. The van der Waals surface area contributed by atoms with Crippen molar-refractivity contribution in [2.24, 2.45) is 0 Å². The number of esters is 5. The van der Waals surface area contributed by atoms with E-state index in [4.69, 9.17) is 4.74 Å². The molecule has 2 heterocycles. The van der Waals surface area contributed by atoms with Crippen LogP contribution in [0.5, 0.6) is 0 Å². The van der Waals surface area contributed by atoms with E-state index in [2.05, 4.69) is 9.47 Å². The van der Waals surface area contributed by atoms with E-state index in [1.165, 1.54) is 36.4 Å². The van der Waals surface area contributed by atoms with Crippen molar-refractivity contribution in [1.29, 1.82) is 0 Å². The molecule has 0 radical (unpaired) electrons. The van der Waals surface area contributed by atoms with Gasteiger partial charge in [0.1, 0.15) is 0 Å². The quantitative estimate of drug-likeness (QED) is 0.322. The molecule has 0 atom stereocenters. The van der Waals surface area contributed by atoms with Gasteiger partial charge < -0.3 is 14.2 Å². The fourth-order valence-electron chi connectivity index (χ4n) is 2.94. The summed E-state index contributed by atoms with van der Waals surface area (Å²) in [6, 6.07) is 7.76. The maximum Gasteiger partial charge on any atom is 0.346 e. The van der Waals surface area contributed by atoms with Crippen molar-refractivity contribution in [3.05, 3.63) is 69.8 Å². The van der Waals surface area contributed by atoms with Crippen LogP contribution in [0.3, 0.4) is 0 Å². The number of benzene rings is 2. The summed E-state index contributed by atoms with van der Waals surface area (Å²) < 4.78 is 13.9. The van der Waals surface area contributed by atoms with Crippen molar-refractivity contribution >= 4 is 35.6 Å². The monoisotopic (exact) mass is 394 g/mol. The lowest BCUT2D eigenvalue weighted by molar-refractivity contribution is 0.0425. The maximum absolute atomic E-state index is 12.3. The molecule has 2 aliphatic rings. The van der Waals surface area contributed by atoms with E-state index < -0.39 is 35.6 Å². The number of rotatable bonds is 5. The first kappa shape index (κ1) is 18.2. The van der Waals surface area contributed by atoms with E-state index in [0.29, 0.717) is 0 Å². The van der Waals surface area contributed by atoms with Gasteiger partial charge in [0, 0.05) is 12.0 Å². The van der Waals surface area contributed by atoms with E-state index in [-0.39, 0.29) is 46.4 Å². The first-order valence-electron chi connectivity index (χ1n) is 8.36. The van der Waals surface area contributed by atoms with Crippen LogP contribution in [0.4, 0.5) is 0 Å². The highest BCUT2D eigenvalue weighted by Crippen LogP contribution is 2.23. The van der Waals surface area contributed by atoms with E-state index >= 15 is 0 Å². The molecule has 0 saturated carbocycles. The molecule has 0 saturated heterocycles. The summed E-state index contributed by atoms with van der Waals surface area (Å²) in [5, 5.41) is 0. The van der Waals surface area contributed by atoms with Crippen LogP contribution in [-0.2, 0) is 14.2 Å². The first-order chi connectivity index (χ1) is 13.8. The third-order valence-electron chi connectivity index (χ3n) is 4.41. The summed E-state index contributed by atoms with van der Waals surface area (Å²) in [5.41, 5.74) is 0.339. The highest BCUT2D eigenvalue weighted by molar-refractivity contribution is 6.16. The van der Waals surface area contributed by atoms with Gasteiger partial charge in [-0.15, -0.1) is 0 Å². The van der Waals surface area contributed by atoms with Crippen LogP contribution in [0.2, 0.25) is 0 Å². The lowest BCUT2D eigenvalue weighted by atomic mass is 10.0. The molecule has 29 heavy (non-hydrogen) atoms. The van der Waals surface area contributed by atoms with Gasteiger partial charge in [0.25, 0.3) is 0 Å². The predicted octanol–water partition coefficient (Wildman–Crippen LogP) is 1.74. The Balaban J connectivity index is 1.38. The molecule has 0 spiro atoms. The smallest absolute Gasteiger partial charge is 0.346 e. The van der Waals surface area contributed by atoms with Gasteiger partial charge in [0.2, 0.25) is 0 Å². The summed E-state index contributed by atoms with van der Waals surface area (Å²) >= 11 is 0. The molecule has 4 rings (SSSR count). The molecule has 9 nitrogen and oxygen atoms in total. The largest absolute Gasteiger partial charge is 0.462 e. The van der Waals surface area contributed by atoms with Gasteiger partial charge in [-0.3, -0.25) is 4.79 Å². The second-order valence-electron chi connectivity index (χ2n) is 6.18. The van der Waals surface area contributed by atoms with Crippen molar-refractivity contribution in [1.82, 2.24) is 0 Å². The van der Waals surface area contributed by atoms with Gasteiger partial charge >= 0.3 is 29.8 Å². The number of carbonyl (C=O) groups is 6. The van der Waals surface area contributed by atoms with Crippen LogP contribution >= 0.6 is 0 Å². The molecule has 2 aliphatic heterocycles.